The van der Waals surface area contributed by atoms with Gasteiger partial charge in [-0.1, -0.05) is 0 Å². The Morgan fingerprint density at radius 1 is 1.24 bits per heavy atom. The summed E-state index contributed by atoms with van der Waals surface area (Å²) in [6.45, 7) is 2.15. The largest absolute Gasteiger partial charge is 0.459 e. The lowest BCUT2D eigenvalue weighted by Crippen LogP contribution is -2.43. The molecule has 0 aromatic carbocycles. The number of furan rings is 1. The zero-order chi connectivity index (χ0) is 14.4. The van der Waals surface area contributed by atoms with Gasteiger partial charge in [0.15, 0.2) is 5.76 Å². The van der Waals surface area contributed by atoms with Crippen LogP contribution in [0.3, 0.4) is 0 Å². The second kappa shape index (κ2) is 4.79. The third-order valence-corrected chi connectivity index (χ3v) is 4.73. The van der Waals surface area contributed by atoms with Crippen LogP contribution in [0.25, 0.3) is 0 Å². The first-order valence-electron chi connectivity index (χ1n) is 7.62. The van der Waals surface area contributed by atoms with Gasteiger partial charge in [-0.3, -0.25) is 4.79 Å². The minimum Gasteiger partial charge on any atom is -0.459 e. The van der Waals surface area contributed by atoms with Gasteiger partial charge < -0.3 is 19.5 Å². The van der Waals surface area contributed by atoms with E-state index in [1.807, 2.05) is 9.80 Å². The van der Waals surface area contributed by atoms with Crippen LogP contribution in [0.2, 0.25) is 0 Å². The molecular formula is C15H19N3O3. The van der Waals surface area contributed by atoms with E-state index < -0.39 is 0 Å². The Labute approximate surface area is 123 Å². The molecule has 4 rings (SSSR count). The second-order valence-corrected chi connectivity index (χ2v) is 6.22. The molecule has 1 aromatic rings. The lowest BCUT2D eigenvalue weighted by Gasteiger charge is -2.24. The van der Waals surface area contributed by atoms with E-state index in [1.54, 1.807) is 12.1 Å². The molecule has 0 spiro atoms. The fourth-order valence-corrected chi connectivity index (χ4v) is 3.41. The predicted molar refractivity (Wildman–Crippen MR) is 74.8 cm³/mol. The molecule has 1 saturated carbocycles. The molecule has 3 aliphatic rings. The molecule has 6 heteroatoms. The van der Waals surface area contributed by atoms with Crippen molar-refractivity contribution < 1.29 is 14.0 Å². The van der Waals surface area contributed by atoms with Gasteiger partial charge in [0.1, 0.15) is 0 Å². The number of carbonyl (C=O) groups excluding carboxylic acids is 2. The second-order valence-electron chi connectivity index (χ2n) is 6.22. The molecular weight excluding hydrogens is 270 g/mol. The molecule has 112 valence electrons. The molecule has 2 aliphatic heterocycles. The van der Waals surface area contributed by atoms with Gasteiger partial charge in [-0.15, -0.1) is 0 Å². The monoisotopic (exact) mass is 289 g/mol. The van der Waals surface area contributed by atoms with E-state index in [1.165, 1.54) is 6.26 Å². The normalized spacial score (nSPS) is 27.8. The molecule has 0 unspecified atom stereocenters. The van der Waals surface area contributed by atoms with Crippen molar-refractivity contribution in [2.75, 3.05) is 19.6 Å². The number of likely N-dealkylation sites (tertiary alicyclic amines) is 2. The van der Waals surface area contributed by atoms with E-state index in [-0.39, 0.29) is 18.0 Å². The molecule has 2 atom stereocenters. The van der Waals surface area contributed by atoms with Crippen molar-refractivity contribution in [2.24, 2.45) is 5.92 Å². The molecule has 0 bridgehead atoms. The van der Waals surface area contributed by atoms with Crippen LogP contribution >= 0.6 is 0 Å². The third-order valence-electron chi connectivity index (χ3n) is 4.73. The zero-order valence-electron chi connectivity index (χ0n) is 11.8. The van der Waals surface area contributed by atoms with Crippen LogP contribution < -0.4 is 5.32 Å². The number of urea groups is 1. The van der Waals surface area contributed by atoms with Crippen molar-refractivity contribution in [3.8, 4) is 0 Å². The van der Waals surface area contributed by atoms with E-state index in [0.717, 1.165) is 32.4 Å². The highest BCUT2D eigenvalue weighted by Crippen LogP contribution is 2.33. The molecule has 3 heterocycles. The number of nitrogens with one attached hydrogen (secondary N) is 1. The summed E-state index contributed by atoms with van der Waals surface area (Å²) in [5.74, 6) is 0.724. The highest BCUT2D eigenvalue weighted by atomic mass is 16.3. The molecule has 0 radical (unpaired) electrons. The van der Waals surface area contributed by atoms with Gasteiger partial charge in [-0.05, 0) is 31.4 Å². The maximum Gasteiger partial charge on any atom is 0.317 e. The van der Waals surface area contributed by atoms with Gasteiger partial charge in [0, 0.05) is 31.6 Å². The Kier molecular flexibility index (Phi) is 2.90. The molecule has 21 heavy (non-hydrogen) atoms. The van der Waals surface area contributed by atoms with Crippen LogP contribution in [0.15, 0.2) is 22.8 Å². The summed E-state index contributed by atoms with van der Waals surface area (Å²) in [5, 5.41) is 3.02. The van der Waals surface area contributed by atoms with Crippen molar-refractivity contribution in [1.82, 2.24) is 15.1 Å². The number of rotatable bonds is 2. The van der Waals surface area contributed by atoms with Crippen molar-refractivity contribution >= 4 is 11.9 Å². The Bertz CT molecular complexity index is 553. The predicted octanol–water partition coefficient (Wildman–Crippen LogP) is 1.30. The van der Waals surface area contributed by atoms with E-state index >= 15 is 0 Å². The quantitative estimate of drug-likeness (QED) is 0.892. The van der Waals surface area contributed by atoms with Crippen LogP contribution in [-0.2, 0) is 0 Å². The average Bonchev–Trinajstić information content (AvgIpc) is 2.94. The van der Waals surface area contributed by atoms with E-state index in [4.69, 9.17) is 4.42 Å². The maximum atomic E-state index is 12.4. The molecule has 6 nitrogen and oxygen atoms in total. The number of nitrogens with zero attached hydrogens (tertiary/aromatic N) is 2. The van der Waals surface area contributed by atoms with Crippen LogP contribution in [0, 0.1) is 5.92 Å². The molecule has 1 aromatic heterocycles. The first-order valence-corrected chi connectivity index (χ1v) is 7.62. The first kappa shape index (κ1) is 12.7. The third kappa shape index (κ3) is 2.28. The van der Waals surface area contributed by atoms with Gasteiger partial charge in [0.2, 0.25) is 0 Å². The van der Waals surface area contributed by atoms with Crippen LogP contribution in [-0.4, -0.2) is 53.5 Å². The van der Waals surface area contributed by atoms with E-state index in [2.05, 4.69) is 5.32 Å². The standard InChI is InChI=1S/C15H19N3O3/c19-14(13-2-1-7-21-13)18-6-5-10-8-17(9-12(10)18)15(20)16-11-3-4-11/h1-2,7,10-12H,3-6,8-9H2,(H,16,20)/t10-,12+/m0/s1. The van der Waals surface area contributed by atoms with E-state index in [0.29, 0.717) is 24.3 Å². The Morgan fingerprint density at radius 2 is 2.10 bits per heavy atom. The fourth-order valence-electron chi connectivity index (χ4n) is 3.41. The minimum atomic E-state index is -0.0584. The van der Waals surface area contributed by atoms with Crippen molar-refractivity contribution in [2.45, 2.75) is 31.3 Å². The number of hydrogen-bond acceptors (Lipinski definition) is 3. The summed E-state index contributed by atoms with van der Waals surface area (Å²) < 4.78 is 5.21. The summed E-state index contributed by atoms with van der Waals surface area (Å²) in [6, 6.07) is 3.95. The number of amides is 3. The summed E-state index contributed by atoms with van der Waals surface area (Å²) >= 11 is 0. The topological polar surface area (TPSA) is 65.8 Å². The van der Waals surface area contributed by atoms with Crippen LogP contribution in [0.5, 0.6) is 0 Å². The first-order chi connectivity index (χ1) is 10.2. The van der Waals surface area contributed by atoms with Gasteiger partial charge >= 0.3 is 6.03 Å². The van der Waals surface area contributed by atoms with Gasteiger partial charge in [-0.2, -0.15) is 0 Å². The van der Waals surface area contributed by atoms with Crippen LogP contribution in [0.1, 0.15) is 29.8 Å². The summed E-state index contributed by atoms with van der Waals surface area (Å²) in [7, 11) is 0. The maximum absolute atomic E-state index is 12.4. The average molecular weight is 289 g/mol. The Hall–Kier alpha value is -1.98. The summed E-state index contributed by atoms with van der Waals surface area (Å²) in [6.07, 6.45) is 4.67. The van der Waals surface area contributed by atoms with Crippen LogP contribution in [0.4, 0.5) is 4.79 Å². The number of carbonyl (C=O) groups is 2. The number of hydrogen-bond donors (Lipinski definition) is 1. The fraction of sp³-hybridized carbons (Fsp3) is 0.600. The Morgan fingerprint density at radius 3 is 2.81 bits per heavy atom. The Balaban J connectivity index is 1.43. The molecule has 3 amide bonds. The lowest BCUT2D eigenvalue weighted by molar-refractivity contribution is 0.0697. The molecule has 1 N–H and O–H groups in total. The van der Waals surface area contributed by atoms with Gasteiger partial charge in [-0.25, -0.2) is 4.79 Å². The van der Waals surface area contributed by atoms with Gasteiger partial charge in [0.05, 0.1) is 12.3 Å². The van der Waals surface area contributed by atoms with Crippen molar-refractivity contribution in [3.05, 3.63) is 24.2 Å². The zero-order valence-corrected chi connectivity index (χ0v) is 11.8. The van der Waals surface area contributed by atoms with E-state index in [9.17, 15) is 9.59 Å². The molecule has 3 fully saturated rings. The molecule has 2 saturated heterocycles. The smallest absolute Gasteiger partial charge is 0.317 e. The van der Waals surface area contributed by atoms with Crippen molar-refractivity contribution in [1.29, 1.82) is 0 Å². The number of fused-ring (bicyclic) bond motifs is 1. The minimum absolute atomic E-state index is 0.0253. The van der Waals surface area contributed by atoms with Gasteiger partial charge in [0.25, 0.3) is 5.91 Å². The highest BCUT2D eigenvalue weighted by molar-refractivity contribution is 5.92. The lowest BCUT2D eigenvalue weighted by atomic mass is 10.1. The highest BCUT2D eigenvalue weighted by Gasteiger charge is 2.45. The SMILES string of the molecule is O=C(NC1CC1)N1C[C@@H]2CCN(C(=O)c3ccco3)[C@@H]2C1. The van der Waals surface area contributed by atoms with Crippen molar-refractivity contribution in [3.63, 3.8) is 0 Å². The molecule has 1 aliphatic carbocycles. The summed E-state index contributed by atoms with van der Waals surface area (Å²) in [4.78, 5) is 28.3. The summed E-state index contributed by atoms with van der Waals surface area (Å²) in [5.41, 5.74) is 0.